The van der Waals surface area contributed by atoms with E-state index in [1.54, 1.807) is 27.7 Å². The van der Waals surface area contributed by atoms with Gasteiger partial charge in [-0.25, -0.2) is 4.79 Å². The Bertz CT molecular complexity index is 577. The first-order valence-corrected chi connectivity index (χ1v) is 8.39. The van der Waals surface area contributed by atoms with E-state index < -0.39 is 17.6 Å². The molecule has 1 rings (SSSR count). The number of esters is 2. The quantitative estimate of drug-likeness (QED) is 0.730. The van der Waals surface area contributed by atoms with Gasteiger partial charge in [-0.1, -0.05) is 30.3 Å². The van der Waals surface area contributed by atoms with E-state index in [-0.39, 0.29) is 31.3 Å². The van der Waals surface area contributed by atoms with E-state index in [1.165, 1.54) is 0 Å². The fourth-order valence-electron chi connectivity index (χ4n) is 1.97. The lowest BCUT2D eigenvalue weighted by Crippen LogP contribution is -2.42. The Kier molecular flexibility index (Phi) is 8.11. The molecule has 0 aliphatic heterocycles. The molecule has 6 heteroatoms. The lowest BCUT2D eigenvalue weighted by atomic mass is 10.2. The van der Waals surface area contributed by atoms with Crippen molar-refractivity contribution in [3.8, 4) is 0 Å². The Balaban J connectivity index is 2.21. The second kappa shape index (κ2) is 9.81. The molecule has 1 unspecified atom stereocenters. The van der Waals surface area contributed by atoms with Crippen LogP contribution in [0.15, 0.2) is 30.3 Å². The smallest absolute Gasteiger partial charge is 0.328 e. The molecule has 25 heavy (non-hydrogen) atoms. The summed E-state index contributed by atoms with van der Waals surface area (Å²) >= 11 is 0. The van der Waals surface area contributed by atoms with Gasteiger partial charge in [0.1, 0.15) is 18.2 Å². The van der Waals surface area contributed by atoms with Crippen LogP contribution >= 0.6 is 0 Å². The average Bonchev–Trinajstić information content (AvgIpc) is 2.52. The summed E-state index contributed by atoms with van der Waals surface area (Å²) in [7, 11) is 0. The third-order valence-corrected chi connectivity index (χ3v) is 3.17. The van der Waals surface area contributed by atoms with E-state index in [0.29, 0.717) is 6.42 Å². The van der Waals surface area contributed by atoms with Gasteiger partial charge in [0.2, 0.25) is 5.91 Å². The van der Waals surface area contributed by atoms with Crippen molar-refractivity contribution in [1.29, 1.82) is 0 Å². The lowest BCUT2D eigenvalue weighted by Gasteiger charge is -2.22. The molecular formula is C19H27NO5. The number of hydrogen-bond acceptors (Lipinski definition) is 5. The normalized spacial score (nSPS) is 12.2. The summed E-state index contributed by atoms with van der Waals surface area (Å²) in [5.41, 5.74) is 0.318. The minimum Gasteiger partial charge on any atom is -0.461 e. The molecule has 0 bridgehead atoms. The van der Waals surface area contributed by atoms with Gasteiger partial charge in [-0.3, -0.25) is 9.59 Å². The van der Waals surface area contributed by atoms with Gasteiger partial charge in [0.25, 0.3) is 0 Å². The Morgan fingerprint density at radius 1 is 1.08 bits per heavy atom. The number of carbonyl (C=O) groups excluding carboxylic acids is 3. The fourth-order valence-corrected chi connectivity index (χ4v) is 1.97. The molecule has 0 heterocycles. The summed E-state index contributed by atoms with van der Waals surface area (Å²) in [6, 6.07) is 8.66. The van der Waals surface area contributed by atoms with Gasteiger partial charge in [0, 0.05) is 12.8 Å². The third-order valence-electron chi connectivity index (χ3n) is 3.17. The van der Waals surface area contributed by atoms with Gasteiger partial charge in [-0.15, -0.1) is 0 Å². The molecule has 1 atom stereocenters. The molecule has 0 radical (unpaired) electrons. The molecule has 0 aliphatic rings. The molecule has 0 aromatic heterocycles. The molecule has 1 aromatic rings. The van der Waals surface area contributed by atoms with Crippen LogP contribution in [-0.2, 0) is 30.5 Å². The number of amides is 1. The number of hydrogen-bond donors (Lipinski definition) is 1. The maximum atomic E-state index is 11.8. The average molecular weight is 349 g/mol. The van der Waals surface area contributed by atoms with Gasteiger partial charge in [0.05, 0.1) is 0 Å². The SMILES string of the molecule is CC(NC(=O)CCCC(=O)OCc1ccccc1)C(=O)OC(C)(C)C. The number of ether oxygens (including phenoxy) is 2. The van der Waals surface area contributed by atoms with E-state index in [1.807, 2.05) is 30.3 Å². The van der Waals surface area contributed by atoms with Crippen LogP contribution < -0.4 is 5.32 Å². The van der Waals surface area contributed by atoms with Crippen LogP contribution in [-0.4, -0.2) is 29.5 Å². The van der Waals surface area contributed by atoms with E-state index in [9.17, 15) is 14.4 Å². The minimum absolute atomic E-state index is 0.146. The van der Waals surface area contributed by atoms with E-state index >= 15 is 0 Å². The molecule has 0 spiro atoms. The standard InChI is InChI=1S/C19H27NO5/c1-14(18(23)25-19(2,3)4)20-16(21)11-8-12-17(22)24-13-15-9-6-5-7-10-15/h5-7,9-10,14H,8,11-13H2,1-4H3,(H,20,21). The minimum atomic E-state index is -0.725. The molecule has 0 saturated heterocycles. The summed E-state index contributed by atoms with van der Waals surface area (Å²) < 4.78 is 10.3. The van der Waals surface area contributed by atoms with Gasteiger partial charge in [-0.05, 0) is 39.7 Å². The Hall–Kier alpha value is -2.37. The van der Waals surface area contributed by atoms with Crippen molar-refractivity contribution < 1.29 is 23.9 Å². The van der Waals surface area contributed by atoms with Crippen molar-refractivity contribution in [2.24, 2.45) is 0 Å². The van der Waals surface area contributed by atoms with E-state index in [4.69, 9.17) is 9.47 Å². The molecule has 1 N–H and O–H groups in total. The highest BCUT2D eigenvalue weighted by Gasteiger charge is 2.22. The molecule has 0 aliphatic carbocycles. The molecule has 1 aromatic carbocycles. The Labute approximate surface area is 148 Å². The highest BCUT2D eigenvalue weighted by Crippen LogP contribution is 2.09. The molecule has 1 amide bonds. The van der Waals surface area contributed by atoms with Crippen LogP contribution in [0.25, 0.3) is 0 Å². The molecule has 6 nitrogen and oxygen atoms in total. The van der Waals surface area contributed by atoms with Crippen LogP contribution in [0.4, 0.5) is 0 Å². The zero-order valence-electron chi connectivity index (χ0n) is 15.3. The Morgan fingerprint density at radius 2 is 1.72 bits per heavy atom. The highest BCUT2D eigenvalue weighted by atomic mass is 16.6. The first kappa shape index (κ1) is 20.7. The monoisotopic (exact) mass is 349 g/mol. The summed E-state index contributed by atoms with van der Waals surface area (Å²) in [5, 5.41) is 2.57. The number of carbonyl (C=O) groups is 3. The fraction of sp³-hybridized carbons (Fsp3) is 0.526. The largest absolute Gasteiger partial charge is 0.461 e. The van der Waals surface area contributed by atoms with Crippen molar-refractivity contribution in [3.05, 3.63) is 35.9 Å². The zero-order valence-corrected chi connectivity index (χ0v) is 15.3. The second-order valence-electron chi connectivity index (χ2n) is 6.82. The van der Waals surface area contributed by atoms with Gasteiger partial charge >= 0.3 is 11.9 Å². The summed E-state index contributed by atoms with van der Waals surface area (Å²) in [6.07, 6.45) is 0.662. The maximum Gasteiger partial charge on any atom is 0.328 e. The predicted octanol–water partition coefficient (Wildman–Crippen LogP) is 2.75. The van der Waals surface area contributed by atoms with Crippen molar-refractivity contribution in [3.63, 3.8) is 0 Å². The summed E-state index contributed by atoms with van der Waals surface area (Å²) in [6.45, 7) is 7.09. The van der Waals surface area contributed by atoms with Gasteiger partial charge < -0.3 is 14.8 Å². The van der Waals surface area contributed by atoms with Gasteiger partial charge in [-0.2, -0.15) is 0 Å². The topological polar surface area (TPSA) is 81.7 Å². The molecular weight excluding hydrogens is 322 g/mol. The molecule has 0 saturated carbocycles. The highest BCUT2D eigenvalue weighted by molar-refractivity contribution is 5.84. The number of nitrogens with one attached hydrogen (secondary N) is 1. The first-order valence-electron chi connectivity index (χ1n) is 8.39. The van der Waals surface area contributed by atoms with E-state index in [0.717, 1.165) is 5.56 Å². The van der Waals surface area contributed by atoms with Crippen LogP contribution in [0.5, 0.6) is 0 Å². The van der Waals surface area contributed by atoms with Crippen molar-refractivity contribution >= 4 is 17.8 Å². The summed E-state index contributed by atoms with van der Waals surface area (Å²) in [4.78, 5) is 35.3. The van der Waals surface area contributed by atoms with Crippen LogP contribution in [0, 0.1) is 0 Å². The van der Waals surface area contributed by atoms with Crippen molar-refractivity contribution in [2.75, 3.05) is 0 Å². The van der Waals surface area contributed by atoms with Crippen LogP contribution in [0.2, 0.25) is 0 Å². The zero-order chi connectivity index (χ0) is 18.9. The molecule has 0 fully saturated rings. The summed E-state index contributed by atoms with van der Waals surface area (Å²) in [5.74, 6) is -1.13. The number of rotatable bonds is 8. The van der Waals surface area contributed by atoms with Crippen LogP contribution in [0.1, 0.15) is 52.5 Å². The van der Waals surface area contributed by atoms with Crippen molar-refractivity contribution in [2.45, 2.75) is 65.2 Å². The van der Waals surface area contributed by atoms with Crippen molar-refractivity contribution in [1.82, 2.24) is 5.32 Å². The lowest BCUT2D eigenvalue weighted by molar-refractivity contribution is -0.158. The van der Waals surface area contributed by atoms with Gasteiger partial charge in [0.15, 0.2) is 0 Å². The van der Waals surface area contributed by atoms with Crippen LogP contribution in [0.3, 0.4) is 0 Å². The maximum absolute atomic E-state index is 11.8. The van der Waals surface area contributed by atoms with E-state index in [2.05, 4.69) is 5.32 Å². The number of benzene rings is 1. The second-order valence-corrected chi connectivity index (χ2v) is 6.82. The Morgan fingerprint density at radius 3 is 2.32 bits per heavy atom. The molecule has 138 valence electrons. The predicted molar refractivity (Wildman–Crippen MR) is 93.5 cm³/mol. The first-order chi connectivity index (χ1) is 11.7. The third kappa shape index (κ3) is 9.49.